The number of rotatable bonds is 13. The summed E-state index contributed by atoms with van der Waals surface area (Å²) in [7, 11) is 0. The van der Waals surface area contributed by atoms with Crippen LogP contribution in [0.3, 0.4) is 0 Å². The molecule has 0 aliphatic heterocycles. The number of hydrogen-bond donors (Lipinski definition) is 1. The molecule has 7 aromatic rings. The minimum atomic E-state index is -0.242. The van der Waals surface area contributed by atoms with Crippen LogP contribution in [-0.2, 0) is 5.41 Å². The first-order valence-corrected chi connectivity index (χ1v) is 20.2. The second kappa shape index (κ2) is 17.0. The van der Waals surface area contributed by atoms with Gasteiger partial charge in [0.15, 0.2) is 0 Å². The molecule has 7 aromatic carbocycles. The van der Waals surface area contributed by atoms with E-state index in [4.69, 9.17) is 12.3 Å². The third-order valence-corrected chi connectivity index (χ3v) is 11.7. The van der Waals surface area contributed by atoms with Crippen molar-refractivity contribution in [1.29, 1.82) is 0 Å². The van der Waals surface area contributed by atoms with Gasteiger partial charge in [-0.1, -0.05) is 220 Å². The van der Waals surface area contributed by atoms with Crippen molar-refractivity contribution in [3.8, 4) is 22.3 Å². The molecular weight excluding hydrogens is 699 g/mol. The first-order valence-electron chi connectivity index (χ1n) is 20.2. The molecule has 1 aliphatic carbocycles. The van der Waals surface area contributed by atoms with Gasteiger partial charge in [-0.05, 0) is 108 Å². The SMILES string of the molecule is C=C(/C(=C\C(=C/N)c1cccc(C2(/C=C(\CC)c3ccc(-c4ccccc4)cc3)CC2C(=C)c2ccc(-c3ccccc3)cc2)c1)c1ccccc1)c1ccccc1. The number of hydrogen-bond acceptors (Lipinski definition) is 1. The molecule has 0 amide bonds. The predicted octanol–water partition coefficient (Wildman–Crippen LogP) is 14.6. The highest BCUT2D eigenvalue weighted by molar-refractivity contribution is 6.07. The highest BCUT2D eigenvalue weighted by atomic mass is 14.6. The molecular formula is C57H49N. The molecule has 1 nitrogen and oxygen atoms in total. The summed E-state index contributed by atoms with van der Waals surface area (Å²) in [6.07, 6.45) is 8.35. The summed E-state index contributed by atoms with van der Waals surface area (Å²) in [6, 6.07) is 68.9. The maximum Gasteiger partial charge on any atom is 0.0213 e. The molecule has 0 bridgehead atoms. The minimum Gasteiger partial charge on any atom is -0.404 e. The van der Waals surface area contributed by atoms with E-state index in [0.717, 1.165) is 51.8 Å². The zero-order chi connectivity index (χ0) is 39.9. The summed E-state index contributed by atoms with van der Waals surface area (Å²) in [4.78, 5) is 0. The molecule has 2 unspecified atom stereocenters. The lowest BCUT2D eigenvalue weighted by molar-refractivity contribution is 0.833. The molecule has 282 valence electrons. The fourth-order valence-electron chi connectivity index (χ4n) is 8.32. The predicted molar refractivity (Wildman–Crippen MR) is 249 cm³/mol. The molecule has 2 atom stereocenters. The lowest BCUT2D eigenvalue weighted by atomic mass is 9.84. The van der Waals surface area contributed by atoms with E-state index in [2.05, 4.69) is 208 Å². The molecule has 1 fully saturated rings. The lowest BCUT2D eigenvalue weighted by Gasteiger charge is -2.20. The summed E-state index contributed by atoms with van der Waals surface area (Å²) in [5.41, 5.74) is 23.5. The second-order valence-corrected chi connectivity index (χ2v) is 15.2. The molecule has 58 heavy (non-hydrogen) atoms. The average molecular weight is 748 g/mol. The molecule has 1 saturated carbocycles. The first kappa shape index (κ1) is 37.9. The molecule has 0 saturated heterocycles. The maximum atomic E-state index is 6.52. The quantitative estimate of drug-likeness (QED) is 0.117. The molecule has 0 heterocycles. The Morgan fingerprint density at radius 2 is 1.03 bits per heavy atom. The Morgan fingerprint density at radius 3 is 1.57 bits per heavy atom. The average Bonchev–Trinajstić information content (AvgIpc) is 4.04. The molecule has 0 spiro atoms. The molecule has 0 aromatic heterocycles. The molecule has 2 N–H and O–H groups in total. The van der Waals surface area contributed by atoms with Crippen LogP contribution in [0.5, 0.6) is 0 Å². The molecule has 1 aliphatic rings. The topological polar surface area (TPSA) is 26.0 Å². The van der Waals surface area contributed by atoms with Gasteiger partial charge < -0.3 is 5.73 Å². The third-order valence-electron chi connectivity index (χ3n) is 11.7. The third kappa shape index (κ3) is 7.99. The van der Waals surface area contributed by atoms with Gasteiger partial charge in [-0.3, -0.25) is 0 Å². The van der Waals surface area contributed by atoms with Crippen molar-refractivity contribution >= 4 is 27.9 Å². The number of allylic oxidation sites excluding steroid dienone is 7. The van der Waals surface area contributed by atoms with Crippen molar-refractivity contribution in [2.45, 2.75) is 25.2 Å². The van der Waals surface area contributed by atoms with Crippen LogP contribution in [-0.4, -0.2) is 0 Å². The minimum absolute atomic E-state index is 0.231. The van der Waals surface area contributed by atoms with Gasteiger partial charge in [0.05, 0.1) is 0 Å². The van der Waals surface area contributed by atoms with Crippen molar-refractivity contribution in [3.05, 3.63) is 259 Å². The Hall–Kier alpha value is -6.96. The van der Waals surface area contributed by atoms with Crippen LogP contribution < -0.4 is 5.73 Å². The van der Waals surface area contributed by atoms with Gasteiger partial charge in [0.1, 0.15) is 0 Å². The number of benzene rings is 7. The van der Waals surface area contributed by atoms with Crippen LogP contribution in [0.2, 0.25) is 0 Å². The Bertz CT molecular complexity index is 2610. The first-order chi connectivity index (χ1) is 28.5. The van der Waals surface area contributed by atoms with E-state index >= 15 is 0 Å². The summed E-state index contributed by atoms with van der Waals surface area (Å²) in [5, 5.41) is 0. The highest BCUT2D eigenvalue weighted by Crippen LogP contribution is 2.62. The van der Waals surface area contributed by atoms with Gasteiger partial charge in [0, 0.05) is 11.6 Å². The van der Waals surface area contributed by atoms with E-state index < -0.39 is 0 Å². The van der Waals surface area contributed by atoms with Crippen molar-refractivity contribution in [3.63, 3.8) is 0 Å². The van der Waals surface area contributed by atoms with Crippen LogP contribution in [0.15, 0.2) is 226 Å². The van der Waals surface area contributed by atoms with Crippen LogP contribution >= 0.6 is 0 Å². The van der Waals surface area contributed by atoms with Gasteiger partial charge >= 0.3 is 0 Å². The normalized spacial score (nSPS) is 16.8. The smallest absolute Gasteiger partial charge is 0.0213 e. The second-order valence-electron chi connectivity index (χ2n) is 15.2. The van der Waals surface area contributed by atoms with Crippen LogP contribution in [0, 0.1) is 5.92 Å². The summed E-state index contributed by atoms with van der Waals surface area (Å²) in [6.45, 7) is 11.6. The summed E-state index contributed by atoms with van der Waals surface area (Å²) in [5.74, 6) is 0.231. The fraction of sp³-hybridized carbons (Fsp3) is 0.0877. The van der Waals surface area contributed by atoms with E-state index in [9.17, 15) is 0 Å². The molecule has 8 rings (SSSR count). The van der Waals surface area contributed by atoms with E-state index in [1.807, 2.05) is 12.1 Å². The molecule has 1 heteroatoms. The largest absolute Gasteiger partial charge is 0.404 e. The van der Waals surface area contributed by atoms with Crippen molar-refractivity contribution in [2.75, 3.05) is 0 Å². The van der Waals surface area contributed by atoms with Gasteiger partial charge in [0.2, 0.25) is 0 Å². The number of nitrogens with two attached hydrogens (primary N) is 1. The monoisotopic (exact) mass is 747 g/mol. The maximum absolute atomic E-state index is 6.52. The van der Waals surface area contributed by atoms with E-state index in [1.54, 1.807) is 6.20 Å². The van der Waals surface area contributed by atoms with Crippen LogP contribution in [0.1, 0.15) is 53.1 Å². The summed E-state index contributed by atoms with van der Waals surface area (Å²) >= 11 is 0. The van der Waals surface area contributed by atoms with E-state index in [0.29, 0.717) is 0 Å². The fourth-order valence-corrected chi connectivity index (χ4v) is 8.32. The van der Waals surface area contributed by atoms with Crippen molar-refractivity contribution < 1.29 is 0 Å². The van der Waals surface area contributed by atoms with Gasteiger partial charge in [-0.25, -0.2) is 0 Å². The highest BCUT2D eigenvalue weighted by Gasteiger charge is 2.55. The lowest BCUT2D eigenvalue weighted by Crippen LogP contribution is -2.10. The Labute approximate surface area is 344 Å². The van der Waals surface area contributed by atoms with E-state index in [-0.39, 0.29) is 11.3 Å². The zero-order valence-electron chi connectivity index (χ0n) is 33.2. The van der Waals surface area contributed by atoms with Crippen molar-refractivity contribution in [1.82, 2.24) is 0 Å². The van der Waals surface area contributed by atoms with Crippen LogP contribution in [0.25, 0.3) is 50.1 Å². The van der Waals surface area contributed by atoms with Crippen molar-refractivity contribution in [2.24, 2.45) is 11.7 Å². The standard InChI is InChI=1S/C57H49N/c1-4-43(48-32-34-50(35-33-48)47-22-13-7-14-23-47)38-57(39-56(57)42(3)45-28-30-49(31-29-45)46-20-11-6-12-21-46)54-27-17-26-52(36-54)53(40-58)37-55(51-24-15-8-16-25-51)41(2)44-18-9-5-10-19-44/h5-38,40,56H,2-4,39,58H2,1H3/b43-38+,53-40+,55-37+. The Kier molecular flexibility index (Phi) is 11.1. The Morgan fingerprint density at radius 1 is 0.552 bits per heavy atom. The summed E-state index contributed by atoms with van der Waals surface area (Å²) < 4.78 is 0. The van der Waals surface area contributed by atoms with Gasteiger partial charge in [0.25, 0.3) is 0 Å². The van der Waals surface area contributed by atoms with Gasteiger partial charge in [-0.15, -0.1) is 0 Å². The van der Waals surface area contributed by atoms with Gasteiger partial charge in [-0.2, -0.15) is 0 Å². The Balaban J connectivity index is 1.19. The molecule has 0 radical (unpaired) electrons. The zero-order valence-corrected chi connectivity index (χ0v) is 33.2. The van der Waals surface area contributed by atoms with E-state index in [1.165, 1.54) is 44.5 Å². The van der Waals surface area contributed by atoms with Crippen LogP contribution in [0.4, 0.5) is 0 Å².